The molecule has 23 heavy (non-hydrogen) atoms. The predicted octanol–water partition coefficient (Wildman–Crippen LogP) is 4.10. The van der Waals surface area contributed by atoms with E-state index in [1.54, 1.807) is 57.4 Å². The van der Waals surface area contributed by atoms with Gasteiger partial charge in [0, 0.05) is 18.0 Å². The molecule has 0 saturated heterocycles. The van der Waals surface area contributed by atoms with E-state index in [0.29, 0.717) is 5.56 Å². The Morgan fingerprint density at radius 2 is 1.43 bits per heavy atom. The third kappa shape index (κ3) is 4.00. The number of benzene rings is 1. The van der Waals surface area contributed by atoms with Gasteiger partial charge in [-0.25, -0.2) is 9.80 Å². The Kier molecular flexibility index (Phi) is 4.59. The van der Waals surface area contributed by atoms with E-state index >= 15 is 0 Å². The number of allylic oxidation sites excluding steroid dienone is 2. The first-order valence-electron chi connectivity index (χ1n) is 7.47. The zero-order valence-electron chi connectivity index (χ0n) is 14.2. The molecule has 0 atom stereocenters. The highest BCUT2D eigenvalue weighted by Gasteiger charge is 2.31. The van der Waals surface area contributed by atoms with Crippen molar-refractivity contribution in [3.63, 3.8) is 0 Å². The summed E-state index contributed by atoms with van der Waals surface area (Å²) in [6.45, 7) is 9.14. The predicted molar refractivity (Wildman–Crippen MR) is 88.2 cm³/mol. The Bertz CT molecular complexity index is 669. The molecule has 1 aromatic rings. The van der Waals surface area contributed by atoms with Crippen molar-refractivity contribution in [2.24, 2.45) is 0 Å². The van der Waals surface area contributed by atoms with E-state index < -0.39 is 11.7 Å². The molecule has 0 aliphatic carbocycles. The molecule has 0 bridgehead atoms. The molecule has 2 amide bonds. The molecule has 0 fully saturated rings. The molecule has 0 unspecified atom stereocenters. The van der Waals surface area contributed by atoms with Crippen LogP contribution < -0.4 is 0 Å². The smallest absolute Gasteiger partial charge is 0.433 e. The van der Waals surface area contributed by atoms with Gasteiger partial charge in [0.2, 0.25) is 0 Å². The summed E-state index contributed by atoms with van der Waals surface area (Å²) in [5.41, 5.74) is 1.66. The van der Waals surface area contributed by atoms with Crippen molar-refractivity contribution in [2.45, 2.75) is 40.2 Å². The molecule has 2 rings (SSSR count). The molecule has 1 aliphatic rings. The molecule has 0 radical (unpaired) electrons. The highest BCUT2D eigenvalue weighted by atomic mass is 16.6. The lowest BCUT2D eigenvalue weighted by atomic mass is 10.1. The van der Waals surface area contributed by atoms with Crippen LogP contribution in [0.2, 0.25) is 0 Å². The molecule has 1 aliphatic heterocycles. The van der Waals surface area contributed by atoms with E-state index in [4.69, 9.17) is 4.74 Å². The van der Waals surface area contributed by atoms with Gasteiger partial charge in [0.25, 0.3) is 5.91 Å². The molecule has 5 nitrogen and oxygen atoms in total. The topological polar surface area (TPSA) is 49.9 Å². The van der Waals surface area contributed by atoms with Crippen molar-refractivity contribution in [1.29, 1.82) is 0 Å². The Labute approximate surface area is 136 Å². The fraction of sp³-hybridized carbons (Fsp3) is 0.333. The second-order valence-corrected chi connectivity index (χ2v) is 6.46. The molecule has 1 heterocycles. The molecule has 0 N–H and O–H groups in total. The minimum absolute atomic E-state index is 0.292. The number of ether oxygens (including phenoxy) is 1. The van der Waals surface area contributed by atoms with E-state index in [9.17, 15) is 9.59 Å². The van der Waals surface area contributed by atoms with Crippen molar-refractivity contribution in [2.75, 3.05) is 0 Å². The average Bonchev–Trinajstić information content (AvgIpc) is 2.48. The number of hydrogen-bond donors (Lipinski definition) is 0. The summed E-state index contributed by atoms with van der Waals surface area (Å²) < 4.78 is 5.40. The fourth-order valence-corrected chi connectivity index (χ4v) is 2.01. The third-order valence-corrected chi connectivity index (χ3v) is 3.30. The van der Waals surface area contributed by atoms with Gasteiger partial charge in [-0.2, -0.15) is 5.01 Å². The molecule has 5 heteroatoms. The first-order valence-corrected chi connectivity index (χ1v) is 7.47. The highest BCUT2D eigenvalue weighted by Crippen LogP contribution is 2.23. The van der Waals surface area contributed by atoms with E-state index in [0.717, 1.165) is 11.1 Å². The van der Waals surface area contributed by atoms with Gasteiger partial charge >= 0.3 is 6.09 Å². The van der Waals surface area contributed by atoms with Gasteiger partial charge in [0.05, 0.1) is 0 Å². The molecule has 0 spiro atoms. The second-order valence-electron chi connectivity index (χ2n) is 6.46. The molecular weight excluding hydrogens is 292 g/mol. The van der Waals surface area contributed by atoms with Crippen molar-refractivity contribution in [1.82, 2.24) is 10.0 Å². The monoisotopic (exact) mass is 314 g/mol. The maximum atomic E-state index is 12.7. The SMILES string of the molecule is CC1=CN(C(=O)OC(C)(C)C)N(C(=O)c2ccccc2)C=C1C. The Morgan fingerprint density at radius 1 is 0.913 bits per heavy atom. The molecule has 0 aromatic heterocycles. The van der Waals surface area contributed by atoms with Crippen LogP contribution in [0.15, 0.2) is 53.9 Å². The summed E-state index contributed by atoms with van der Waals surface area (Å²) in [6, 6.07) is 8.83. The summed E-state index contributed by atoms with van der Waals surface area (Å²) in [7, 11) is 0. The zero-order valence-corrected chi connectivity index (χ0v) is 14.2. The summed E-state index contributed by atoms with van der Waals surface area (Å²) in [6.07, 6.45) is 2.67. The van der Waals surface area contributed by atoms with E-state index in [-0.39, 0.29) is 5.91 Å². The minimum atomic E-state index is -0.642. The number of carbonyl (C=O) groups excluding carboxylic acids is 2. The maximum absolute atomic E-state index is 12.7. The first kappa shape index (κ1) is 16.8. The van der Waals surface area contributed by atoms with Crippen LogP contribution in [0, 0.1) is 0 Å². The Morgan fingerprint density at radius 3 is 1.96 bits per heavy atom. The summed E-state index contributed by atoms with van der Waals surface area (Å²) in [5.74, 6) is -0.292. The zero-order chi connectivity index (χ0) is 17.2. The number of hydrogen-bond acceptors (Lipinski definition) is 3. The van der Waals surface area contributed by atoms with Crippen LogP contribution in [-0.2, 0) is 4.74 Å². The quantitative estimate of drug-likeness (QED) is 0.784. The lowest BCUT2D eigenvalue weighted by Crippen LogP contribution is -2.47. The van der Waals surface area contributed by atoms with Gasteiger partial charge in [-0.05, 0) is 57.9 Å². The molecule has 1 aromatic carbocycles. The van der Waals surface area contributed by atoms with Crippen LogP contribution in [-0.4, -0.2) is 27.6 Å². The Hall–Kier alpha value is -2.56. The van der Waals surface area contributed by atoms with Crippen LogP contribution >= 0.6 is 0 Å². The van der Waals surface area contributed by atoms with Gasteiger partial charge in [0.15, 0.2) is 0 Å². The molecular formula is C18H22N2O3. The molecule has 122 valence electrons. The number of carbonyl (C=O) groups is 2. The standard InChI is InChI=1S/C18H22N2O3/c1-13-11-19(16(21)15-9-7-6-8-10-15)20(12-14(13)2)17(22)23-18(3,4)5/h6-12H,1-5H3. The lowest BCUT2D eigenvalue weighted by molar-refractivity contribution is -0.00628. The fourth-order valence-electron chi connectivity index (χ4n) is 2.01. The Balaban J connectivity index is 2.34. The number of nitrogens with zero attached hydrogens (tertiary/aromatic N) is 2. The van der Waals surface area contributed by atoms with Crippen molar-refractivity contribution in [3.05, 3.63) is 59.4 Å². The van der Waals surface area contributed by atoms with Crippen LogP contribution in [0.1, 0.15) is 45.0 Å². The van der Waals surface area contributed by atoms with Crippen LogP contribution in [0.25, 0.3) is 0 Å². The van der Waals surface area contributed by atoms with Gasteiger partial charge < -0.3 is 4.74 Å². The van der Waals surface area contributed by atoms with Crippen LogP contribution in [0.5, 0.6) is 0 Å². The van der Waals surface area contributed by atoms with Gasteiger partial charge in [-0.1, -0.05) is 18.2 Å². The minimum Gasteiger partial charge on any atom is -0.442 e. The van der Waals surface area contributed by atoms with Crippen molar-refractivity contribution in [3.8, 4) is 0 Å². The summed E-state index contributed by atoms with van der Waals surface area (Å²) >= 11 is 0. The number of amides is 2. The van der Waals surface area contributed by atoms with E-state index in [2.05, 4.69) is 0 Å². The molecule has 0 saturated carbocycles. The highest BCUT2D eigenvalue weighted by molar-refractivity contribution is 5.96. The normalized spacial score (nSPS) is 15.0. The summed E-state index contributed by atoms with van der Waals surface area (Å²) in [4.78, 5) is 25.2. The first-order chi connectivity index (χ1) is 10.7. The average molecular weight is 314 g/mol. The lowest BCUT2D eigenvalue weighted by Gasteiger charge is -2.34. The second kappa shape index (κ2) is 6.28. The number of hydrazine groups is 1. The van der Waals surface area contributed by atoms with Crippen molar-refractivity contribution < 1.29 is 14.3 Å². The van der Waals surface area contributed by atoms with E-state index in [1.807, 2.05) is 19.9 Å². The van der Waals surface area contributed by atoms with Crippen LogP contribution in [0.4, 0.5) is 4.79 Å². The van der Waals surface area contributed by atoms with Gasteiger partial charge in [-0.15, -0.1) is 0 Å². The third-order valence-electron chi connectivity index (χ3n) is 3.30. The van der Waals surface area contributed by atoms with E-state index in [1.165, 1.54) is 10.0 Å². The maximum Gasteiger partial charge on any atom is 0.433 e. The largest absolute Gasteiger partial charge is 0.442 e. The number of rotatable bonds is 1. The van der Waals surface area contributed by atoms with Gasteiger partial charge in [0.1, 0.15) is 5.60 Å². The van der Waals surface area contributed by atoms with Gasteiger partial charge in [-0.3, -0.25) is 4.79 Å². The van der Waals surface area contributed by atoms with Crippen molar-refractivity contribution >= 4 is 12.0 Å². The van der Waals surface area contributed by atoms with Crippen LogP contribution in [0.3, 0.4) is 0 Å². The summed E-state index contributed by atoms with van der Waals surface area (Å²) in [5, 5.41) is 2.49.